The number of thiocarbonyl (C=S) groups is 1. The van der Waals surface area contributed by atoms with E-state index in [0.717, 1.165) is 17.0 Å². The second kappa shape index (κ2) is 10.9. The Bertz CT molecular complexity index is 1070. The lowest BCUT2D eigenvalue weighted by Crippen LogP contribution is -2.17. The molecule has 0 aliphatic heterocycles. The highest BCUT2D eigenvalue weighted by atomic mass is 32.2. The molecule has 1 aromatic heterocycles. The van der Waals surface area contributed by atoms with Crippen LogP contribution in [0.25, 0.3) is 0 Å². The van der Waals surface area contributed by atoms with Gasteiger partial charge in [0.05, 0.1) is 17.9 Å². The number of benzene rings is 2. The Hall–Kier alpha value is -2.88. The fourth-order valence-electron chi connectivity index (χ4n) is 2.72. The lowest BCUT2D eigenvalue weighted by molar-refractivity contribution is 0.0533. The second-order valence-corrected chi connectivity index (χ2v) is 8.66. The van der Waals surface area contributed by atoms with Gasteiger partial charge in [0.2, 0.25) is 0 Å². The van der Waals surface area contributed by atoms with E-state index in [-0.39, 0.29) is 23.0 Å². The molecule has 160 valence electrons. The molecule has 1 heterocycles. The number of anilines is 4. The summed E-state index contributed by atoms with van der Waals surface area (Å²) in [5.41, 5.74) is 2.04. The average Bonchev–Trinajstić information content (AvgIpc) is 3.13. The van der Waals surface area contributed by atoms with Crippen molar-refractivity contribution in [3.63, 3.8) is 0 Å². The van der Waals surface area contributed by atoms with Gasteiger partial charge >= 0.3 is 5.97 Å². The number of para-hydroxylation sites is 2. The zero-order valence-corrected chi connectivity index (χ0v) is 19.4. The van der Waals surface area contributed by atoms with E-state index in [9.17, 15) is 9.59 Å². The zero-order valence-electron chi connectivity index (χ0n) is 16.9. The van der Waals surface area contributed by atoms with Crippen LogP contribution in [0.3, 0.4) is 0 Å². The lowest BCUT2D eigenvalue weighted by atomic mass is 10.2. The smallest absolute Gasteiger partial charge is 0.350 e. The first-order valence-electron chi connectivity index (χ1n) is 9.40. The summed E-state index contributed by atoms with van der Waals surface area (Å²) in [6.07, 6.45) is 1.82. The maximum atomic E-state index is 13.3. The van der Waals surface area contributed by atoms with E-state index in [4.69, 9.17) is 17.0 Å². The Labute approximate surface area is 194 Å². The second-order valence-electron chi connectivity index (χ2n) is 6.16. The molecule has 0 aliphatic rings. The third-order valence-electron chi connectivity index (χ3n) is 4.07. The molecule has 0 saturated carbocycles. The van der Waals surface area contributed by atoms with Gasteiger partial charge in [-0.1, -0.05) is 48.6 Å². The minimum atomic E-state index is -0.520. The fourth-order valence-corrected chi connectivity index (χ4v) is 4.09. The highest BCUT2D eigenvalue weighted by Gasteiger charge is 2.29. The van der Waals surface area contributed by atoms with Crippen LogP contribution < -0.4 is 16.0 Å². The van der Waals surface area contributed by atoms with Gasteiger partial charge in [0.15, 0.2) is 0 Å². The number of hydrogen-bond acceptors (Lipinski definition) is 7. The number of carbonyl (C=O) groups is 2. The van der Waals surface area contributed by atoms with Crippen LogP contribution in [0.4, 0.5) is 22.1 Å². The van der Waals surface area contributed by atoms with Crippen LogP contribution in [0.15, 0.2) is 60.7 Å². The van der Waals surface area contributed by atoms with Crippen LogP contribution in [0.5, 0.6) is 0 Å². The summed E-state index contributed by atoms with van der Waals surface area (Å²) in [6.45, 7) is 1.95. The molecule has 0 radical (unpaired) electrons. The third-order valence-corrected chi connectivity index (χ3v) is 6.23. The van der Waals surface area contributed by atoms with Gasteiger partial charge in [0, 0.05) is 11.4 Å². The molecule has 3 aromatic rings. The lowest BCUT2D eigenvalue weighted by Gasteiger charge is -2.12. The topological polar surface area (TPSA) is 79.5 Å². The van der Waals surface area contributed by atoms with E-state index in [1.54, 1.807) is 19.1 Å². The van der Waals surface area contributed by atoms with Gasteiger partial charge < -0.3 is 20.7 Å². The van der Waals surface area contributed by atoms with Crippen molar-refractivity contribution in [2.75, 3.05) is 28.8 Å². The van der Waals surface area contributed by atoms with E-state index in [0.29, 0.717) is 20.7 Å². The van der Waals surface area contributed by atoms with Crippen molar-refractivity contribution in [1.82, 2.24) is 0 Å². The molecule has 0 unspecified atom stereocenters. The molecular weight excluding hydrogens is 450 g/mol. The van der Waals surface area contributed by atoms with Crippen molar-refractivity contribution in [2.45, 2.75) is 6.92 Å². The van der Waals surface area contributed by atoms with Gasteiger partial charge in [-0.15, -0.1) is 23.1 Å². The summed E-state index contributed by atoms with van der Waals surface area (Å²) in [6, 6.07) is 18.5. The molecule has 3 N–H and O–H groups in total. The summed E-state index contributed by atoms with van der Waals surface area (Å²) in [5.74, 6) is -0.892. The van der Waals surface area contributed by atoms with Crippen LogP contribution in [0.1, 0.15) is 27.0 Å². The number of thioether (sulfide) groups is 1. The molecule has 0 bridgehead atoms. The summed E-state index contributed by atoms with van der Waals surface area (Å²) < 4.78 is 5.66. The normalized spacial score (nSPS) is 10.3. The monoisotopic (exact) mass is 471 g/mol. The van der Waals surface area contributed by atoms with Crippen molar-refractivity contribution in [2.24, 2.45) is 0 Å². The van der Waals surface area contributed by atoms with E-state index in [1.807, 2.05) is 54.8 Å². The number of esters is 1. The maximum absolute atomic E-state index is 13.3. The number of carbonyl (C=O) groups excluding carboxylic acids is 2. The first-order chi connectivity index (χ1) is 15.0. The van der Waals surface area contributed by atoms with E-state index >= 15 is 0 Å². The first kappa shape index (κ1) is 22.8. The average molecular weight is 472 g/mol. The predicted molar refractivity (Wildman–Crippen MR) is 134 cm³/mol. The molecule has 6 nitrogen and oxygen atoms in total. The van der Waals surface area contributed by atoms with Gasteiger partial charge in [-0.25, -0.2) is 4.79 Å². The molecule has 0 aliphatic carbocycles. The number of ether oxygens (including phenoxy) is 1. The first-order valence-corrected chi connectivity index (χ1v) is 11.9. The van der Waals surface area contributed by atoms with Crippen molar-refractivity contribution in [1.29, 1.82) is 0 Å². The molecule has 0 fully saturated rings. The number of thiophene rings is 1. The Balaban J connectivity index is 2.10. The molecular formula is C22H21N3O3S3. The minimum Gasteiger partial charge on any atom is -0.462 e. The number of amides is 1. The molecule has 9 heteroatoms. The van der Waals surface area contributed by atoms with Crippen molar-refractivity contribution in [3.8, 4) is 0 Å². The molecule has 0 atom stereocenters. The van der Waals surface area contributed by atoms with Crippen molar-refractivity contribution in [3.05, 3.63) is 71.1 Å². The molecule has 1 amide bonds. The van der Waals surface area contributed by atoms with Gasteiger partial charge in [0.25, 0.3) is 5.91 Å². The molecule has 3 rings (SSSR count). The third kappa shape index (κ3) is 5.84. The van der Waals surface area contributed by atoms with E-state index in [1.165, 1.54) is 11.8 Å². The van der Waals surface area contributed by atoms with Gasteiger partial charge in [-0.05, 0) is 37.4 Å². The Kier molecular flexibility index (Phi) is 8.05. The summed E-state index contributed by atoms with van der Waals surface area (Å²) in [4.78, 5) is 26.3. The van der Waals surface area contributed by atoms with Crippen LogP contribution in [-0.2, 0) is 4.74 Å². The standard InChI is InChI=1S/C22H21N3O3S3/c1-3-28-21(27)18-17(25-22(29)30-2)16(19(26)23-14-10-6-4-7-11-14)20(31-18)24-15-12-8-5-9-13-15/h4-13,24H,3H2,1-2H3,(H,23,26)(H,25,29). The molecule has 0 saturated heterocycles. The van der Waals surface area contributed by atoms with Gasteiger partial charge in [-0.3, -0.25) is 4.79 Å². The Morgan fingerprint density at radius 2 is 1.61 bits per heavy atom. The maximum Gasteiger partial charge on any atom is 0.350 e. The Morgan fingerprint density at radius 3 is 2.19 bits per heavy atom. The number of hydrogen-bond donors (Lipinski definition) is 3. The predicted octanol–water partition coefficient (Wildman–Crippen LogP) is 5.98. The zero-order chi connectivity index (χ0) is 22.2. The van der Waals surface area contributed by atoms with Crippen LogP contribution in [-0.4, -0.2) is 29.1 Å². The van der Waals surface area contributed by atoms with Crippen molar-refractivity contribution >= 4 is 73.6 Å². The quantitative estimate of drug-likeness (QED) is 0.289. The summed E-state index contributed by atoms with van der Waals surface area (Å²) >= 11 is 7.77. The van der Waals surface area contributed by atoms with Crippen LogP contribution in [0, 0.1) is 0 Å². The molecule has 2 aromatic carbocycles. The SMILES string of the molecule is CCOC(=O)c1sc(Nc2ccccc2)c(C(=O)Nc2ccccc2)c1NC(=S)SC. The Morgan fingerprint density at radius 1 is 1.00 bits per heavy atom. The molecule has 0 spiro atoms. The van der Waals surface area contributed by atoms with Crippen molar-refractivity contribution < 1.29 is 14.3 Å². The highest BCUT2D eigenvalue weighted by Crippen LogP contribution is 2.40. The summed E-state index contributed by atoms with van der Waals surface area (Å²) in [5, 5.41) is 9.69. The van der Waals surface area contributed by atoms with Crippen LogP contribution in [0.2, 0.25) is 0 Å². The van der Waals surface area contributed by atoms with E-state index < -0.39 is 5.97 Å². The van der Waals surface area contributed by atoms with Gasteiger partial charge in [0.1, 0.15) is 14.2 Å². The van der Waals surface area contributed by atoms with Crippen LogP contribution >= 0.6 is 35.3 Å². The largest absolute Gasteiger partial charge is 0.462 e. The number of rotatable bonds is 7. The van der Waals surface area contributed by atoms with E-state index in [2.05, 4.69) is 16.0 Å². The minimum absolute atomic E-state index is 0.218. The summed E-state index contributed by atoms with van der Waals surface area (Å²) in [7, 11) is 0. The van der Waals surface area contributed by atoms with Gasteiger partial charge in [-0.2, -0.15) is 0 Å². The molecule has 31 heavy (non-hydrogen) atoms. The number of nitrogens with one attached hydrogen (secondary N) is 3. The highest BCUT2D eigenvalue weighted by molar-refractivity contribution is 8.22. The fraction of sp³-hybridized carbons (Fsp3) is 0.136.